The summed E-state index contributed by atoms with van der Waals surface area (Å²) >= 11 is 0. The second kappa shape index (κ2) is 24.6. The first-order chi connectivity index (χ1) is 36.9. The van der Waals surface area contributed by atoms with Crippen molar-refractivity contribution in [2.45, 2.75) is 63.8 Å². The lowest BCUT2D eigenvalue weighted by atomic mass is 9.31. The van der Waals surface area contributed by atoms with Gasteiger partial charge in [0, 0.05) is 71.1 Å². The van der Waals surface area contributed by atoms with Crippen LogP contribution in [-0.4, -0.2) is 222 Å². The van der Waals surface area contributed by atoms with Crippen molar-refractivity contribution in [1.29, 1.82) is 0 Å². The Balaban J connectivity index is 0.855. The van der Waals surface area contributed by atoms with Gasteiger partial charge in [0.15, 0.2) is 5.69 Å². The number of aromatic nitrogens is 2. The van der Waals surface area contributed by atoms with E-state index in [1.165, 1.54) is 6.42 Å². The van der Waals surface area contributed by atoms with Gasteiger partial charge in [-0.3, -0.25) is 43.6 Å². The molecule has 1 aliphatic heterocycles. The minimum absolute atomic E-state index is 0.0405. The van der Waals surface area contributed by atoms with Crippen molar-refractivity contribution in [2.75, 3.05) is 131 Å². The molecule has 2 heterocycles. The number of aliphatic carboxylic acids is 4. The van der Waals surface area contributed by atoms with Crippen molar-refractivity contribution in [3.8, 4) is 28.4 Å². The van der Waals surface area contributed by atoms with E-state index >= 15 is 0 Å². The summed E-state index contributed by atoms with van der Waals surface area (Å²) in [7, 11) is 5.19. The Kier molecular flexibility index (Phi) is 18.1. The Morgan fingerprint density at radius 1 is 0.727 bits per heavy atom. The van der Waals surface area contributed by atoms with Crippen molar-refractivity contribution < 1.29 is 58.7 Å². The number of carboxylic acid groups (broad SMARTS) is 4. The molecular formula is C55H78N10O12. The zero-order chi connectivity index (χ0) is 55.2. The molecule has 77 heavy (non-hydrogen) atoms. The SMILES string of the molecule is COc1cccc(OC)c1-c1cc(C(=O)NC2(C(=O)O)C3CC4CC5CC2C53C4)nn1-c1ccc(NCCCN(C)CCCNC(=O)CN2CCN(CC(=O)O)CCN(CC(=O)O)CCN(CC(=O)O)CC2)cc1C(C)C. The van der Waals surface area contributed by atoms with Gasteiger partial charge in [0.05, 0.1) is 57.3 Å². The summed E-state index contributed by atoms with van der Waals surface area (Å²) in [5, 5.41) is 53.9. The summed E-state index contributed by atoms with van der Waals surface area (Å²) < 4.78 is 13.4. The van der Waals surface area contributed by atoms with Crippen LogP contribution >= 0.6 is 0 Å². The number of amides is 2. The zero-order valence-electron chi connectivity index (χ0n) is 45.2. The van der Waals surface area contributed by atoms with Gasteiger partial charge in [-0.2, -0.15) is 5.10 Å². The van der Waals surface area contributed by atoms with E-state index in [0.29, 0.717) is 106 Å². The summed E-state index contributed by atoms with van der Waals surface area (Å²) in [6.07, 6.45) is 5.46. The number of fused-ring (bicyclic) bond motifs is 1. The predicted molar refractivity (Wildman–Crippen MR) is 286 cm³/mol. The van der Waals surface area contributed by atoms with Gasteiger partial charge in [-0.05, 0) is 136 Å². The van der Waals surface area contributed by atoms with E-state index in [-0.39, 0.29) is 60.9 Å². The summed E-state index contributed by atoms with van der Waals surface area (Å²) in [6, 6.07) is 13.3. The first-order valence-electron chi connectivity index (χ1n) is 27.1. The molecule has 1 saturated heterocycles. The average Bonchev–Trinajstić information content (AvgIpc) is 2.18. The summed E-state index contributed by atoms with van der Waals surface area (Å²) in [6.45, 7) is 8.82. The van der Waals surface area contributed by atoms with Crippen LogP contribution in [0.25, 0.3) is 16.9 Å². The predicted octanol–water partition coefficient (Wildman–Crippen LogP) is 3.01. The highest BCUT2D eigenvalue weighted by atomic mass is 16.5. The number of anilines is 1. The fourth-order valence-electron chi connectivity index (χ4n) is 13.6. The number of nitrogens with one attached hydrogen (secondary N) is 3. The number of carboxylic acids is 4. The number of carbonyl (C=O) groups is 6. The van der Waals surface area contributed by atoms with E-state index in [1.807, 2.05) is 42.3 Å². The maximum atomic E-state index is 14.4. The van der Waals surface area contributed by atoms with Gasteiger partial charge in [-0.1, -0.05) is 19.9 Å². The lowest BCUT2D eigenvalue weighted by Crippen LogP contribution is -2.84. The smallest absolute Gasteiger partial charge is 0.330 e. The quantitative estimate of drug-likeness (QED) is 0.0601. The van der Waals surface area contributed by atoms with Gasteiger partial charge >= 0.3 is 23.9 Å². The van der Waals surface area contributed by atoms with Gasteiger partial charge in [-0.25, -0.2) is 9.48 Å². The maximum Gasteiger partial charge on any atom is 0.330 e. The molecule has 2 amide bonds. The topological polar surface area (TPSA) is 272 Å². The van der Waals surface area contributed by atoms with E-state index in [0.717, 1.165) is 55.7 Å². The highest BCUT2D eigenvalue weighted by Crippen LogP contribution is 2.84. The van der Waals surface area contributed by atoms with Crippen LogP contribution in [-0.2, 0) is 24.0 Å². The fourth-order valence-corrected chi connectivity index (χ4v) is 13.6. The Morgan fingerprint density at radius 3 is 1.79 bits per heavy atom. The summed E-state index contributed by atoms with van der Waals surface area (Å²) in [5.74, 6) is -2.66. The van der Waals surface area contributed by atoms with Crippen LogP contribution < -0.4 is 25.4 Å². The lowest BCUT2D eigenvalue weighted by molar-refractivity contribution is -0.252. The molecule has 2 bridgehead atoms. The van der Waals surface area contributed by atoms with Gasteiger partial charge in [-0.15, -0.1) is 0 Å². The molecule has 6 atom stereocenters. The van der Waals surface area contributed by atoms with E-state index in [2.05, 4.69) is 40.8 Å². The molecule has 1 spiro atoms. The van der Waals surface area contributed by atoms with Crippen molar-refractivity contribution in [1.82, 2.24) is 44.9 Å². The molecule has 22 heteroatoms. The highest BCUT2D eigenvalue weighted by molar-refractivity contribution is 5.99. The van der Waals surface area contributed by atoms with Crippen LogP contribution in [0.4, 0.5) is 5.69 Å². The van der Waals surface area contributed by atoms with Crippen molar-refractivity contribution >= 4 is 41.4 Å². The second-order valence-electron chi connectivity index (χ2n) is 22.2. The molecule has 4 aliphatic carbocycles. The molecule has 0 radical (unpaired) electrons. The molecule has 1 aromatic heterocycles. The van der Waals surface area contributed by atoms with Gasteiger partial charge in [0.1, 0.15) is 17.0 Å². The summed E-state index contributed by atoms with van der Waals surface area (Å²) in [4.78, 5) is 84.9. The third kappa shape index (κ3) is 12.4. The standard InChI is InChI=1S/C55H78N10O12/c1-35(2)39-28-38(56-13-7-15-60(3)16-8-14-57-47(66)31-61-17-19-62(32-48(67)68)21-23-64(34-50(71)72)24-22-63(20-18-61)33-49(69)70)11-12-41(39)65-42(51-43(76-4)9-6-10-44(51)77-5)29-40(59-65)52(73)58-55(53(74)75)45-26-36-25-37-27-46(55)54(37,45)30-36/h6,9-12,28-29,35-37,45-46,56H,7-8,13-27,30-34H2,1-5H3,(H,57,66)(H,58,73)(H,67,68)(H,69,70)(H,71,72)(H,74,75). The molecule has 5 fully saturated rings. The number of ether oxygens (including phenoxy) is 2. The lowest BCUT2D eigenvalue weighted by Gasteiger charge is -2.74. The second-order valence-corrected chi connectivity index (χ2v) is 22.2. The first-order valence-corrected chi connectivity index (χ1v) is 27.1. The average molecular weight is 1070 g/mol. The highest BCUT2D eigenvalue weighted by Gasteiger charge is 2.86. The Hall–Kier alpha value is -6.33. The van der Waals surface area contributed by atoms with Crippen molar-refractivity contribution in [2.24, 2.45) is 29.1 Å². The molecule has 22 nitrogen and oxygen atoms in total. The molecule has 6 unspecified atom stereocenters. The molecule has 8 rings (SSSR count). The van der Waals surface area contributed by atoms with E-state index < -0.39 is 35.3 Å². The number of rotatable bonds is 25. The number of methoxy groups -OCH3 is 2. The molecule has 5 aliphatic rings. The zero-order valence-corrected chi connectivity index (χ0v) is 45.2. The molecule has 3 aromatic rings. The van der Waals surface area contributed by atoms with Crippen molar-refractivity contribution in [3.05, 3.63) is 53.7 Å². The largest absolute Gasteiger partial charge is 0.496 e. The first kappa shape index (κ1) is 56.9. The van der Waals surface area contributed by atoms with Crippen LogP contribution in [0.5, 0.6) is 11.5 Å². The fraction of sp³-hybridized carbons (Fsp3) is 0.618. The van der Waals surface area contributed by atoms with E-state index in [4.69, 9.17) is 14.6 Å². The third-order valence-corrected chi connectivity index (χ3v) is 17.1. The Labute approximate surface area is 450 Å². The maximum absolute atomic E-state index is 14.4. The van der Waals surface area contributed by atoms with Gasteiger partial charge in [0.25, 0.3) is 5.91 Å². The minimum atomic E-state index is -1.30. The van der Waals surface area contributed by atoms with Crippen LogP contribution in [0.15, 0.2) is 42.5 Å². The van der Waals surface area contributed by atoms with Crippen molar-refractivity contribution in [3.63, 3.8) is 0 Å². The summed E-state index contributed by atoms with van der Waals surface area (Å²) in [5.41, 5.74) is 2.66. The number of hydrogen-bond donors (Lipinski definition) is 7. The van der Waals surface area contributed by atoms with Crippen LogP contribution in [0.1, 0.15) is 74.3 Å². The van der Waals surface area contributed by atoms with Gasteiger partial charge < -0.3 is 50.8 Å². The number of carbonyl (C=O) groups excluding carboxylic acids is 2. The molecule has 420 valence electrons. The Morgan fingerprint density at radius 2 is 1.27 bits per heavy atom. The molecular weight excluding hydrogens is 993 g/mol. The Bertz CT molecular complexity index is 2590. The number of nitrogens with zero attached hydrogens (tertiary/aromatic N) is 7. The third-order valence-electron chi connectivity index (χ3n) is 17.1. The molecule has 4 saturated carbocycles. The van der Waals surface area contributed by atoms with Crippen LogP contribution in [0.2, 0.25) is 0 Å². The monoisotopic (exact) mass is 1070 g/mol. The van der Waals surface area contributed by atoms with E-state index in [1.54, 1.807) is 39.7 Å². The minimum Gasteiger partial charge on any atom is -0.496 e. The molecule has 2 aromatic carbocycles. The van der Waals surface area contributed by atoms with Gasteiger partial charge in [0.2, 0.25) is 5.91 Å². The number of benzene rings is 2. The van der Waals surface area contributed by atoms with E-state index in [9.17, 15) is 49.2 Å². The number of hydrogen-bond acceptors (Lipinski definition) is 15. The van der Waals surface area contributed by atoms with Crippen LogP contribution in [0, 0.1) is 29.1 Å². The normalized spacial score (nSPS) is 24.7. The molecule has 7 N–H and O–H groups in total. The van der Waals surface area contributed by atoms with Crippen LogP contribution in [0.3, 0.4) is 0 Å².